The van der Waals surface area contributed by atoms with Crippen LogP contribution in [0, 0.1) is 0 Å². The van der Waals surface area contributed by atoms with Crippen molar-refractivity contribution in [2.24, 2.45) is 0 Å². The summed E-state index contributed by atoms with van der Waals surface area (Å²) >= 11 is 0. The number of hydrogen-bond acceptors (Lipinski definition) is 1. The van der Waals surface area contributed by atoms with Crippen LogP contribution in [0.15, 0.2) is 35.9 Å². The summed E-state index contributed by atoms with van der Waals surface area (Å²) in [6.07, 6.45) is 12.6. The number of benzene rings is 1. The fourth-order valence-electron chi connectivity index (χ4n) is 3.23. The highest BCUT2D eigenvalue weighted by Crippen LogP contribution is 2.28. The average molecular weight is 285 g/mol. The van der Waals surface area contributed by atoms with Crippen molar-refractivity contribution in [3.05, 3.63) is 47.0 Å². The molecular weight excluding hydrogens is 254 g/mol. The molecule has 0 heterocycles. The lowest BCUT2D eigenvalue weighted by Crippen LogP contribution is -2.23. The van der Waals surface area contributed by atoms with E-state index in [2.05, 4.69) is 49.5 Å². The first-order valence-corrected chi connectivity index (χ1v) is 8.83. The van der Waals surface area contributed by atoms with E-state index in [1.807, 2.05) is 0 Å². The maximum atomic E-state index is 3.76. The van der Waals surface area contributed by atoms with Crippen molar-refractivity contribution in [1.82, 2.24) is 5.32 Å². The molecule has 0 radical (unpaired) electrons. The molecule has 1 heteroatoms. The zero-order valence-corrected chi connectivity index (χ0v) is 13.8. The second kappa shape index (κ2) is 9.04. The van der Waals surface area contributed by atoms with Gasteiger partial charge in [-0.15, -0.1) is 0 Å². The molecule has 0 amide bonds. The highest BCUT2D eigenvalue weighted by Gasteiger charge is 2.14. The van der Waals surface area contributed by atoms with E-state index < -0.39 is 0 Å². The fourth-order valence-corrected chi connectivity index (χ4v) is 3.23. The molecule has 1 aromatic carbocycles. The summed E-state index contributed by atoms with van der Waals surface area (Å²) in [5, 5.41) is 3.76. The minimum Gasteiger partial charge on any atom is -0.310 e. The van der Waals surface area contributed by atoms with Gasteiger partial charge < -0.3 is 5.32 Å². The van der Waals surface area contributed by atoms with Gasteiger partial charge in [-0.1, -0.05) is 56.2 Å². The molecule has 1 aliphatic carbocycles. The second-order valence-corrected chi connectivity index (χ2v) is 6.31. The van der Waals surface area contributed by atoms with Crippen LogP contribution in [0.3, 0.4) is 0 Å². The summed E-state index contributed by atoms with van der Waals surface area (Å²) < 4.78 is 0. The Morgan fingerprint density at radius 3 is 2.76 bits per heavy atom. The molecule has 0 aromatic heterocycles. The molecule has 0 bridgehead atoms. The maximum Gasteiger partial charge on any atom is 0.0357 e. The molecule has 2 rings (SSSR count). The molecular formula is C20H31N. The van der Waals surface area contributed by atoms with E-state index in [0.29, 0.717) is 6.04 Å². The minimum atomic E-state index is 0.492. The fraction of sp³-hybridized carbons (Fsp3) is 0.600. The number of aryl methyl sites for hydroxylation is 1. The van der Waals surface area contributed by atoms with E-state index in [0.717, 1.165) is 6.54 Å². The van der Waals surface area contributed by atoms with Crippen LogP contribution in [0.5, 0.6) is 0 Å². The highest BCUT2D eigenvalue weighted by atomic mass is 14.9. The molecule has 1 aliphatic rings. The van der Waals surface area contributed by atoms with E-state index >= 15 is 0 Å². The minimum absolute atomic E-state index is 0.492. The lowest BCUT2D eigenvalue weighted by Gasteiger charge is -2.23. The summed E-state index contributed by atoms with van der Waals surface area (Å²) in [6, 6.07) is 9.71. The third-order valence-corrected chi connectivity index (χ3v) is 4.38. The summed E-state index contributed by atoms with van der Waals surface area (Å²) in [6.45, 7) is 5.61. The van der Waals surface area contributed by atoms with Gasteiger partial charge in [-0.3, -0.25) is 0 Å². The number of rotatable bonds is 8. The van der Waals surface area contributed by atoms with Crippen molar-refractivity contribution in [2.75, 3.05) is 6.54 Å². The topological polar surface area (TPSA) is 12.0 Å². The third-order valence-electron chi connectivity index (χ3n) is 4.38. The van der Waals surface area contributed by atoms with Crippen LogP contribution >= 0.6 is 0 Å². The zero-order chi connectivity index (χ0) is 14.9. The Hall–Kier alpha value is -1.08. The first-order valence-electron chi connectivity index (χ1n) is 8.83. The van der Waals surface area contributed by atoms with E-state index in [-0.39, 0.29) is 0 Å². The van der Waals surface area contributed by atoms with E-state index in [9.17, 15) is 0 Å². The van der Waals surface area contributed by atoms with Crippen LogP contribution in [0.4, 0.5) is 0 Å². The van der Waals surface area contributed by atoms with Crippen molar-refractivity contribution in [3.63, 3.8) is 0 Å². The molecule has 1 atom stereocenters. The number of allylic oxidation sites excluding steroid dienone is 1. The van der Waals surface area contributed by atoms with Gasteiger partial charge in [-0.2, -0.15) is 0 Å². The van der Waals surface area contributed by atoms with Gasteiger partial charge in [0.25, 0.3) is 0 Å². The Kier molecular flexibility index (Phi) is 7.02. The predicted octanol–water partition coefficient (Wildman–Crippen LogP) is 5.57. The molecule has 1 nitrogen and oxygen atoms in total. The quantitative estimate of drug-likeness (QED) is 0.616. The number of nitrogens with one attached hydrogen (secondary N) is 1. The second-order valence-electron chi connectivity index (χ2n) is 6.31. The lowest BCUT2D eigenvalue weighted by atomic mass is 9.90. The van der Waals surface area contributed by atoms with Crippen molar-refractivity contribution in [2.45, 2.75) is 71.3 Å². The largest absolute Gasteiger partial charge is 0.310 e. The summed E-state index contributed by atoms with van der Waals surface area (Å²) in [4.78, 5) is 0. The Morgan fingerprint density at radius 2 is 2.05 bits per heavy atom. The third kappa shape index (κ3) is 5.32. The van der Waals surface area contributed by atoms with E-state index in [1.165, 1.54) is 62.5 Å². The van der Waals surface area contributed by atoms with Gasteiger partial charge in [0.15, 0.2) is 0 Å². The van der Waals surface area contributed by atoms with Crippen LogP contribution in [-0.2, 0) is 6.42 Å². The van der Waals surface area contributed by atoms with Crippen LogP contribution < -0.4 is 5.32 Å². The Balaban J connectivity index is 2.10. The van der Waals surface area contributed by atoms with Crippen LogP contribution in [0.25, 0.3) is 0 Å². The molecule has 116 valence electrons. The van der Waals surface area contributed by atoms with Crippen LogP contribution in [0.1, 0.15) is 76.0 Å². The maximum absolute atomic E-state index is 3.76. The van der Waals surface area contributed by atoms with Gasteiger partial charge >= 0.3 is 0 Å². The molecule has 0 saturated carbocycles. The molecule has 0 fully saturated rings. The first kappa shape index (κ1) is 16.3. The Labute approximate surface area is 130 Å². The molecule has 0 aliphatic heterocycles. The molecule has 0 spiro atoms. The summed E-state index contributed by atoms with van der Waals surface area (Å²) in [5.74, 6) is 0. The van der Waals surface area contributed by atoms with Gasteiger partial charge in [-0.05, 0) is 62.6 Å². The van der Waals surface area contributed by atoms with Gasteiger partial charge in [0.1, 0.15) is 0 Å². The van der Waals surface area contributed by atoms with Gasteiger partial charge in [0.05, 0.1) is 0 Å². The zero-order valence-electron chi connectivity index (χ0n) is 13.8. The molecule has 1 unspecified atom stereocenters. The van der Waals surface area contributed by atoms with Crippen LogP contribution in [0.2, 0.25) is 0 Å². The Morgan fingerprint density at radius 1 is 1.14 bits per heavy atom. The monoisotopic (exact) mass is 285 g/mol. The highest BCUT2D eigenvalue weighted by molar-refractivity contribution is 5.27. The first-order chi connectivity index (χ1) is 10.3. The van der Waals surface area contributed by atoms with E-state index in [4.69, 9.17) is 0 Å². The van der Waals surface area contributed by atoms with Crippen molar-refractivity contribution in [3.8, 4) is 0 Å². The average Bonchev–Trinajstić information content (AvgIpc) is 2.53. The van der Waals surface area contributed by atoms with Crippen molar-refractivity contribution >= 4 is 0 Å². The Bertz CT molecular complexity index is 447. The molecule has 1 N–H and O–H groups in total. The normalized spacial score (nSPS) is 16.6. The van der Waals surface area contributed by atoms with Crippen LogP contribution in [-0.4, -0.2) is 6.54 Å². The van der Waals surface area contributed by atoms with Gasteiger partial charge in [-0.25, -0.2) is 0 Å². The van der Waals surface area contributed by atoms with Crippen molar-refractivity contribution in [1.29, 1.82) is 0 Å². The molecule has 1 aromatic rings. The van der Waals surface area contributed by atoms with Gasteiger partial charge in [0, 0.05) is 6.04 Å². The number of hydrogen-bond donors (Lipinski definition) is 1. The molecule has 21 heavy (non-hydrogen) atoms. The van der Waals surface area contributed by atoms with E-state index in [1.54, 1.807) is 5.57 Å². The predicted molar refractivity (Wildman–Crippen MR) is 92.6 cm³/mol. The smallest absolute Gasteiger partial charge is 0.0357 e. The molecule has 0 saturated heterocycles. The lowest BCUT2D eigenvalue weighted by molar-refractivity contribution is 0.511. The SMILES string of the molecule is CCCNC(CC1=CCCCC1)c1cccc(CCC)c1. The van der Waals surface area contributed by atoms with Crippen molar-refractivity contribution < 1.29 is 0 Å². The summed E-state index contributed by atoms with van der Waals surface area (Å²) in [5.41, 5.74) is 4.62. The standard InChI is InChI=1S/C20H31N/c1-3-9-17-12-8-13-19(15-17)20(21-14-4-2)16-18-10-6-5-7-11-18/h8,10,12-13,15,20-21H,3-7,9,11,14,16H2,1-2H3. The van der Waals surface area contributed by atoms with Gasteiger partial charge in [0.2, 0.25) is 0 Å². The summed E-state index contributed by atoms with van der Waals surface area (Å²) in [7, 11) is 0.